The first-order valence-corrected chi connectivity index (χ1v) is 41.8. The Hall–Kier alpha value is -3.76. The molecule has 568 valence electrons. The summed E-state index contributed by atoms with van der Waals surface area (Å²) in [6, 6.07) is 0. The summed E-state index contributed by atoms with van der Waals surface area (Å²) < 4.78 is 68.5. The molecule has 0 aliphatic heterocycles. The molecule has 0 aliphatic carbocycles. The number of hydrogen-bond acceptors (Lipinski definition) is 15. The average Bonchev–Trinajstić information content (AvgIpc) is 1.04. The van der Waals surface area contributed by atoms with Crippen LogP contribution in [-0.2, 0) is 65.4 Å². The van der Waals surface area contributed by atoms with Crippen LogP contribution in [0, 0.1) is 0 Å². The number of ether oxygens (including phenoxy) is 4. The second-order valence-electron chi connectivity index (χ2n) is 25.9. The van der Waals surface area contributed by atoms with Gasteiger partial charge in [-0.3, -0.25) is 37.3 Å². The topological polar surface area (TPSA) is 237 Å². The third-order valence-corrected chi connectivity index (χ3v) is 18.2. The third kappa shape index (κ3) is 70.7. The number of aliphatic hydroxyl groups excluding tert-OH is 1. The normalized spacial score (nSPS) is 14.4. The fraction of sp³-hybridized carbons (Fsp3) is 0.772. The van der Waals surface area contributed by atoms with Gasteiger partial charge in [-0.1, -0.05) is 273 Å². The molecule has 0 radical (unpaired) electrons. The molecule has 0 saturated carbocycles. The van der Waals surface area contributed by atoms with Gasteiger partial charge in [0.2, 0.25) is 0 Å². The number of rotatable bonds is 73. The molecule has 19 heteroatoms. The highest BCUT2D eigenvalue weighted by atomic mass is 31.2. The Kier molecular flexibility index (Phi) is 68.9. The lowest BCUT2D eigenvalue weighted by Gasteiger charge is -2.21. The van der Waals surface area contributed by atoms with Crippen LogP contribution >= 0.6 is 15.6 Å². The van der Waals surface area contributed by atoms with Gasteiger partial charge in [-0.15, -0.1) is 0 Å². The molecule has 5 unspecified atom stereocenters. The van der Waals surface area contributed by atoms with Crippen LogP contribution < -0.4 is 0 Å². The molecule has 3 N–H and O–H groups in total. The predicted molar refractivity (Wildman–Crippen MR) is 399 cm³/mol. The maximum absolute atomic E-state index is 13.1. The Morgan fingerprint density at radius 1 is 0.296 bits per heavy atom. The molecule has 5 atom stereocenters. The molecule has 0 heterocycles. The van der Waals surface area contributed by atoms with Crippen molar-refractivity contribution < 1.29 is 80.2 Å². The Bertz CT molecular complexity index is 2190. The molecular formula is C79H140O17P2. The molecule has 0 aromatic rings. The van der Waals surface area contributed by atoms with Crippen molar-refractivity contribution in [3.05, 3.63) is 85.1 Å². The number of carbonyl (C=O) groups is 4. The van der Waals surface area contributed by atoms with Crippen LogP contribution in [0.2, 0.25) is 0 Å². The van der Waals surface area contributed by atoms with E-state index in [1.165, 1.54) is 89.9 Å². The maximum Gasteiger partial charge on any atom is 0.472 e. The molecule has 0 bridgehead atoms. The van der Waals surface area contributed by atoms with E-state index in [-0.39, 0.29) is 25.7 Å². The van der Waals surface area contributed by atoms with Crippen LogP contribution in [0.1, 0.15) is 336 Å². The molecule has 0 aromatic carbocycles. The van der Waals surface area contributed by atoms with Gasteiger partial charge in [-0.05, 0) is 122 Å². The van der Waals surface area contributed by atoms with Gasteiger partial charge in [0.25, 0.3) is 0 Å². The van der Waals surface area contributed by atoms with Crippen molar-refractivity contribution in [3.8, 4) is 0 Å². The lowest BCUT2D eigenvalue weighted by molar-refractivity contribution is -0.161. The Morgan fingerprint density at radius 3 is 0.837 bits per heavy atom. The molecule has 17 nitrogen and oxygen atoms in total. The summed E-state index contributed by atoms with van der Waals surface area (Å²) in [6.45, 7) is 4.70. The molecular weight excluding hydrogens is 1280 g/mol. The first kappa shape index (κ1) is 94.2. The molecule has 0 rings (SSSR count). The number of esters is 4. The molecule has 0 saturated heterocycles. The number of phosphoric ester groups is 2. The van der Waals surface area contributed by atoms with Crippen molar-refractivity contribution in [3.63, 3.8) is 0 Å². The minimum atomic E-state index is -4.98. The summed E-state index contributed by atoms with van der Waals surface area (Å²) in [5.41, 5.74) is 0. The van der Waals surface area contributed by atoms with Crippen LogP contribution in [0.3, 0.4) is 0 Å². The second-order valence-corrected chi connectivity index (χ2v) is 28.8. The quantitative estimate of drug-likeness (QED) is 0.0169. The molecule has 98 heavy (non-hydrogen) atoms. The van der Waals surface area contributed by atoms with Crippen molar-refractivity contribution in [2.24, 2.45) is 0 Å². The van der Waals surface area contributed by atoms with E-state index >= 15 is 0 Å². The summed E-state index contributed by atoms with van der Waals surface area (Å²) >= 11 is 0. The fourth-order valence-corrected chi connectivity index (χ4v) is 12.0. The predicted octanol–water partition coefficient (Wildman–Crippen LogP) is 22.2. The van der Waals surface area contributed by atoms with Crippen LogP contribution in [0.15, 0.2) is 85.1 Å². The van der Waals surface area contributed by atoms with Crippen LogP contribution in [-0.4, -0.2) is 96.7 Å². The van der Waals surface area contributed by atoms with E-state index in [0.29, 0.717) is 25.7 Å². The van der Waals surface area contributed by atoms with Crippen molar-refractivity contribution >= 4 is 39.5 Å². The lowest BCUT2D eigenvalue weighted by Crippen LogP contribution is -2.30. The zero-order chi connectivity index (χ0) is 71.8. The number of hydrogen-bond donors (Lipinski definition) is 3. The second kappa shape index (κ2) is 71.6. The Morgan fingerprint density at radius 2 is 0.531 bits per heavy atom. The fourth-order valence-electron chi connectivity index (χ4n) is 10.4. The van der Waals surface area contributed by atoms with Gasteiger partial charge in [0.15, 0.2) is 12.2 Å². The largest absolute Gasteiger partial charge is 0.472 e. The highest BCUT2D eigenvalue weighted by Gasteiger charge is 2.30. The molecule has 0 aliphatic rings. The number of carbonyl (C=O) groups excluding carboxylic acids is 4. The van der Waals surface area contributed by atoms with E-state index in [1.54, 1.807) is 0 Å². The van der Waals surface area contributed by atoms with Gasteiger partial charge in [0.1, 0.15) is 19.3 Å². The van der Waals surface area contributed by atoms with E-state index in [9.17, 15) is 43.2 Å². The van der Waals surface area contributed by atoms with E-state index in [1.807, 2.05) is 0 Å². The summed E-state index contributed by atoms with van der Waals surface area (Å²) in [7, 11) is -9.95. The average molecular weight is 1420 g/mol. The van der Waals surface area contributed by atoms with Crippen LogP contribution in [0.5, 0.6) is 0 Å². The van der Waals surface area contributed by atoms with Crippen molar-refractivity contribution in [2.75, 3.05) is 39.6 Å². The zero-order valence-corrected chi connectivity index (χ0v) is 63.7. The minimum Gasteiger partial charge on any atom is -0.462 e. The third-order valence-electron chi connectivity index (χ3n) is 16.3. The minimum absolute atomic E-state index is 0.0760. The monoisotopic (exact) mass is 1420 g/mol. The molecule has 0 spiro atoms. The summed E-state index contributed by atoms with van der Waals surface area (Å²) in [6.07, 6.45) is 72.7. The first-order valence-electron chi connectivity index (χ1n) is 38.8. The number of unbranched alkanes of at least 4 members (excludes halogenated alkanes) is 33. The van der Waals surface area contributed by atoms with Crippen molar-refractivity contribution in [1.29, 1.82) is 0 Å². The van der Waals surface area contributed by atoms with Crippen molar-refractivity contribution in [2.45, 2.75) is 354 Å². The SMILES string of the molecule is CC/C=C\C/C=C\C/C=C\CCCCCCCC(=O)OCC(COP(=O)(O)OCC(O)COP(=O)(O)OCC(COC(=O)CCCCCCC/C=C\C/C=C\CCCCC)OC(=O)CCCCCCCCCCCCCCC)OC(=O)CCCCCCC/C=C\C/C=C\CCCCC. The van der Waals surface area contributed by atoms with E-state index < -0.39 is 97.5 Å². The molecule has 0 amide bonds. The first-order chi connectivity index (χ1) is 47.7. The molecule has 0 fully saturated rings. The lowest BCUT2D eigenvalue weighted by atomic mass is 10.0. The zero-order valence-electron chi connectivity index (χ0n) is 62.0. The summed E-state index contributed by atoms with van der Waals surface area (Å²) in [5, 5.41) is 10.6. The Balaban J connectivity index is 5.36. The van der Waals surface area contributed by atoms with E-state index in [4.69, 9.17) is 37.0 Å². The van der Waals surface area contributed by atoms with Crippen LogP contribution in [0.4, 0.5) is 0 Å². The van der Waals surface area contributed by atoms with Gasteiger partial charge < -0.3 is 33.8 Å². The number of aliphatic hydroxyl groups is 1. The van der Waals surface area contributed by atoms with Gasteiger partial charge in [-0.2, -0.15) is 0 Å². The maximum atomic E-state index is 13.1. The van der Waals surface area contributed by atoms with Gasteiger partial charge in [0, 0.05) is 25.7 Å². The standard InChI is InChI=1S/C79H140O17P2/c1-5-9-13-17-21-25-29-33-36-40-43-47-51-55-59-63-76(81)89-69-74(95-78(83)65-61-57-53-49-45-39-32-28-24-20-16-12-8-4)71-93-97(85,86)91-67-73(80)68-92-98(87,88)94-72-75(96-79(84)66-62-58-54-50-46-42-38-35-31-27-23-19-15-11-7-3)70-90-77(82)64-60-56-52-48-44-41-37-34-30-26-22-18-14-10-6-2/h10,14,21-23,25-27,33-38,73-75,80H,5-9,11-13,15-20,24,28-32,39-72H2,1-4H3,(H,85,86)(H,87,88)/b14-10-,25-21-,26-22-,27-23-,36-33-,37-34-,38-35-. The van der Waals surface area contributed by atoms with Gasteiger partial charge in [-0.25, -0.2) is 9.13 Å². The Labute approximate surface area is 595 Å². The van der Waals surface area contributed by atoms with E-state index in [2.05, 4.69) is 113 Å². The van der Waals surface area contributed by atoms with Gasteiger partial charge in [0.05, 0.1) is 26.4 Å². The van der Waals surface area contributed by atoms with Crippen LogP contribution in [0.25, 0.3) is 0 Å². The summed E-state index contributed by atoms with van der Waals surface area (Å²) in [4.78, 5) is 72.9. The van der Waals surface area contributed by atoms with E-state index in [0.717, 1.165) is 167 Å². The van der Waals surface area contributed by atoms with Crippen molar-refractivity contribution in [1.82, 2.24) is 0 Å². The van der Waals surface area contributed by atoms with Gasteiger partial charge >= 0.3 is 39.5 Å². The smallest absolute Gasteiger partial charge is 0.462 e. The number of allylic oxidation sites excluding steroid dienone is 14. The summed E-state index contributed by atoms with van der Waals surface area (Å²) in [5.74, 6) is -2.20. The molecule has 0 aromatic heterocycles. The number of phosphoric acid groups is 2. The highest BCUT2D eigenvalue weighted by Crippen LogP contribution is 2.45. The highest BCUT2D eigenvalue weighted by molar-refractivity contribution is 7.47.